The van der Waals surface area contributed by atoms with Crippen molar-refractivity contribution < 1.29 is 14.3 Å². The smallest absolute Gasteiger partial charge is 0.307 e. The molecule has 2 aliphatic rings. The topological polar surface area (TPSA) is 88.6 Å². The van der Waals surface area contributed by atoms with Gasteiger partial charge in [-0.05, 0) is 30.0 Å². The Morgan fingerprint density at radius 1 is 1.29 bits per heavy atom. The number of likely N-dealkylation sites (tertiary alicyclic amines) is 1. The molecular weight excluding hydrogens is 394 g/mol. The zero-order valence-electron chi connectivity index (χ0n) is 18.3. The number of carbonyl (C=O) groups excluding carboxylic acids is 1. The van der Waals surface area contributed by atoms with Gasteiger partial charge in [0.1, 0.15) is 5.82 Å². The first-order valence-corrected chi connectivity index (χ1v) is 10.9. The number of pyridine rings is 2. The number of anilines is 1. The van der Waals surface area contributed by atoms with Crippen LogP contribution in [0.5, 0.6) is 5.88 Å². The molecule has 0 aliphatic carbocycles. The van der Waals surface area contributed by atoms with Gasteiger partial charge in [-0.1, -0.05) is 12.1 Å². The minimum absolute atomic E-state index is 0.133. The van der Waals surface area contributed by atoms with Crippen LogP contribution >= 0.6 is 0 Å². The van der Waals surface area contributed by atoms with Crippen LogP contribution in [0, 0.1) is 0 Å². The maximum absolute atomic E-state index is 11.9. The Balaban J connectivity index is 1.27. The summed E-state index contributed by atoms with van der Waals surface area (Å²) in [5, 5.41) is 7.00. The standard InChI is InChI=1S/C23H31N5O3/c1-30-21-8-6-17(13-25-21)20(12-22(29)31-2)26-19-14-28(15-19)11-9-18-7-5-16-4-3-10-24-23(16)27-18/h5-8,13,19-20,26H,3-4,9-12,14-15H2,1-2H3,(H,24,27). The average molecular weight is 426 g/mol. The zero-order chi connectivity index (χ0) is 21.6. The number of carbonyl (C=O) groups is 1. The van der Waals surface area contributed by atoms with E-state index in [0.717, 1.165) is 56.1 Å². The number of nitrogens with one attached hydrogen (secondary N) is 2. The Bertz CT molecular complexity index is 883. The van der Waals surface area contributed by atoms with Gasteiger partial charge in [0.15, 0.2) is 0 Å². The second kappa shape index (κ2) is 10.1. The molecule has 2 aromatic rings. The third-order valence-corrected chi connectivity index (χ3v) is 6.00. The van der Waals surface area contributed by atoms with Crippen molar-refractivity contribution in [2.45, 2.75) is 37.8 Å². The normalized spacial score (nSPS) is 17.2. The zero-order valence-corrected chi connectivity index (χ0v) is 18.3. The van der Waals surface area contributed by atoms with E-state index in [9.17, 15) is 4.79 Å². The van der Waals surface area contributed by atoms with Gasteiger partial charge in [-0.15, -0.1) is 0 Å². The lowest BCUT2D eigenvalue weighted by molar-refractivity contribution is -0.141. The van der Waals surface area contributed by atoms with Gasteiger partial charge >= 0.3 is 5.97 Å². The number of aromatic nitrogens is 2. The van der Waals surface area contributed by atoms with Gasteiger partial charge in [0.05, 0.1) is 20.6 Å². The summed E-state index contributed by atoms with van der Waals surface area (Å²) in [5.74, 6) is 1.38. The predicted octanol–water partition coefficient (Wildman–Crippen LogP) is 1.96. The average Bonchev–Trinajstić information content (AvgIpc) is 2.79. The van der Waals surface area contributed by atoms with Crippen molar-refractivity contribution in [3.8, 4) is 5.88 Å². The number of methoxy groups -OCH3 is 2. The molecule has 8 nitrogen and oxygen atoms in total. The third-order valence-electron chi connectivity index (χ3n) is 6.00. The van der Waals surface area contributed by atoms with Gasteiger partial charge in [-0.2, -0.15) is 0 Å². The van der Waals surface area contributed by atoms with E-state index in [0.29, 0.717) is 11.9 Å². The fourth-order valence-electron chi connectivity index (χ4n) is 4.16. The summed E-state index contributed by atoms with van der Waals surface area (Å²) in [5.41, 5.74) is 3.42. The van der Waals surface area contributed by atoms with Crippen molar-refractivity contribution in [3.63, 3.8) is 0 Å². The summed E-state index contributed by atoms with van der Waals surface area (Å²) in [7, 11) is 3.01. The molecule has 31 heavy (non-hydrogen) atoms. The quantitative estimate of drug-likeness (QED) is 0.590. The number of hydrogen-bond donors (Lipinski definition) is 2. The third kappa shape index (κ3) is 5.51. The number of fused-ring (bicyclic) bond motifs is 1. The van der Waals surface area contributed by atoms with Crippen molar-refractivity contribution in [1.29, 1.82) is 0 Å². The number of nitrogens with zero attached hydrogens (tertiary/aromatic N) is 3. The molecule has 166 valence electrons. The Morgan fingerprint density at radius 2 is 2.16 bits per heavy atom. The first-order valence-electron chi connectivity index (χ1n) is 10.9. The summed E-state index contributed by atoms with van der Waals surface area (Å²) in [6.07, 6.45) is 5.26. The van der Waals surface area contributed by atoms with Gasteiger partial charge in [0, 0.05) is 62.6 Å². The van der Waals surface area contributed by atoms with Crippen molar-refractivity contribution in [1.82, 2.24) is 20.2 Å². The molecule has 0 saturated carbocycles. The molecule has 0 amide bonds. The van der Waals surface area contributed by atoms with Gasteiger partial charge in [0.25, 0.3) is 0 Å². The number of esters is 1. The Labute approximate surface area is 183 Å². The van der Waals surface area contributed by atoms with Crippen molar-refractivity contribution in [2.24, 2.45) is 0 Å². The molecule has 0 spiro atoms. The Kier molecular flexibility index (Phi) is 6.99. The number of ether oxygens (including phenoxy) is 2. The molecule has 8 heteroatoms. The first-order chi connectivity index (χ1) is 15.1. The SMILES string of the molecule is COC(=O)CC(NC1CN(CCc2ccc3c(n2)NCCC3)C1)c1ccc(OC)nc1. The van der Waals surface area contributed by atoms with E-state index in [-0.39, 0.29) is 18.4 Å². The van der Waals surface area contributed by atoms with Crippen molar-refractivity contribution >= 4 is 11.8 Å². The van der Waals surface area contributed by atoms with E-state index in [1.807, 2.05) is 12.1 Å². The highest BCUT2D eigenvalue weighted by atomic mass is 16.5. The van der Waals surface area contributed by atoms with Crippen LogP contribution in [0.4, 0.5) is 5.82 Å². The Morgan fingerprint density at radius 3 is 2.90 bits per heavy atom. The Hall–Kier alpha value is -2.71. The van der Waals surface area contributed by atoms with E-state index in [1.54, 1.807) is 13.3 Å². The predicted molar refractivity (Wildman–Crippen MR) is 118 cm³/mol. The minimum atomic E-state index is -0.239. The van der Waals surface area contributed by atoms with Crippen LogP contribution in [0.15, 0.2) is 30.5 Å². The molecule has 0 bridgehead atoms. The van der Waals surface area contributed by atoms with Crippen LogP contribution < -0.4 is 15.4 Å². The molecular formula is C23H31N5O3. The fourth-order valence-corrected chi connectivity index (χ4v) is 4.16. The number of hydrogen-bond acceptors (Lipinski definition) is 8. The van der Waals surface area contributed by atoms with Crippen LogP contribution in [0.3, 0.4) is 0 Å². The van der Waals surface area contributed by atoms with Crippen LogP contribution in [0.25, 0.3) is 0 Å². The summed E-state index contributed by atoms with van der Waals surface area (Å²) in [6.45, 7) is 3.89. The summed E-state index contributed by atoms with van der Waals surface area (Å²) >= 11 is 0. The summed E-state index contributed by atoms with van der Waals surface area (Å²) < 4.78 is 10.0. The minimum Gasteiger partial charge on any atom is -0.481 e. The van der Waals surface area contributed by atoms with Crippen LogP contribution in [-0.4, -0.2) is 67.3 Å². The molecule has 4 rings (SSSR count). The molecule has 1 saturated heterocycles. The van der Waals surface area contributed by atoms with Gasteiger partial charge in [-0.25, -0.2) is 9.97 Å². The lowest BCUT2D eigenvalue weighted by Crippen LogP contribution is -2.59. The van der Waals surface area contributed by atoms with Crippen LogP contribution in [-0.2, 0) is 22.4 Å². The molecule has 2 aliphatic heterocycles. The van der Waals surface area contributed by atoms with E-state index in [1.165, 1.54) is 19.1 Å². The molecule has 2 aromatic heterocycles. The monoisotopic (exact) mass is 425 g/mol. The molecule has 4 heterocycles. The van der Waals surface area contributed by atoms with E-state index < -0.39 is 0 Å². The molecule has 0 radical (unpaired) electrons. The largest absolute Gasteiger partial charge is 0.481 e. The van der Waals surface area contributed by atoms with E-state index in [4.69, 9.17) is 14.5 Å². The summed E-state index contributed by atoms with van der Waals surface area (Å²) in [6, 6.07) is 8.32. The maximum Gasteiger partial charge on any atom is 0.307 e. The fraction of sp³-hybridized carbons (Fsp3) is 0.522. The second-order valence-electron chi connectivity index (χ2n) is 8.18. The maximum atomic E-state index is 11.9. The van der Waals surface area contributed by atoms with Crippen LogP contribution in [0.2, 0.25) is 0 Å². The highest BCUT2D eigenvalue weighted by Gasteiger charge is 2.30. The molecule has 2 N–H and O–H groups in total. The highest BCUT2D eigenvalue weighted by Crippen LogP contribution is 2.23. The second-order valence-corrected chi connectivity index (χ2v) is 8.18. The van der Waals surface area contributed by atoms with E-state index in [2.05, 4.69) is 32.7 Å². The lowest BCUT2D eigenvalue weighted by Gasteiger charge is -2.41. The van der Waals surface area contributed by atoms with Crippen molar-refractivity contribution in [3.05, 3.63) is 47.3 Å². The van der Waals surface area contributed by atoms with Gasteiger partial charge < -0.3 is 20.1 Å². The van der Waals surface area contributed by atoms with E-state index >= 15 is 0 Å². The first kappa shape index (κ1) is 21.5. The van der Waals surface area contributed by atoms with Gasteiger partial charge in [-0.3, -0.25) is 9.69 Å². The highest BCUT2D eigenvalue weighted by molar-refractivity contribution is 5.70. The lowest BCUT2D eigenvalue weighted by atomic mass is 10.0. The molecule has 0 aromatic carbocycles. The molecule has 1 fully saturated rings. The van der Waals surface area contributed by atoms with Crippen LogP contribution in [0.1, 0.15) is 35.7 Å². The number of aryl methyl sites for hydroxylation is 1. The van der Waals surface area contributed by atoms with Gasteiger partial charge in [0.2, 0.25) is 5.88 Å². The summed E-state index contributed by atoms with van der Waals surface area (Å²) in [4.78, 5) is 23.4. The molecule has 1 atom stereocenters. The van der Waals surface area contributed by atoms with Crippen molar-refractivity contribution in [2.75, 3.05) is 45.7 Å². The molecule has 1 unspecified atom stereocenters. The number of rotatable bonds is 9.